The minimum Gasteiger partial charge on any atom is -0.497 e. The minimum absolute atomic E-state index is 0.0763. The molecule has 2 heterocycles. The fraction of sp³-hybridized carbons (Fsp3) is 0.333. The molecule has 0 N–H and O–H groups in total. The molecule has 0 spiro atoms. The Hall–Kier alpha value is -2.77. The second kappa shape index (κ2) is 9.58. The summed E-state index contributed by atoms with van der Waals surface area (Å²) in [7, 11) is 3.16. The average molecular weight is 441 g/mol. The third kappa shape index (κ3) is 4.94. The number of aromatic nitrogens is 1. The lowest BCUT2D eigenvalue weighted by Gasteiger charge is -2.31. The number of nitrogens with zero attached hydrogens (tertiary/aromatic N) is 2. The van der Waals surface area contributed by atoms with E-state index in [0.717, 1.165) is 35.7 Å². The Bertz CT molecular complexity index is 1050. The molecule has 1 aliphatic heterocycles. The average Bonchev–Trinajstić information content (AvgIpc) is 3.27. The summed E-state index contributed by atoms with van der Waals surface area (Å²) >= 11 is 1.59. The topological polar surface area (TPSA) is 51.7 Å². The number of likely N-dealkylation sites (tertiary alicyclic amines) is 1. The van der Waals surface area contributed by atoms with Crippen LogP contribution in [-0.4, -0.2) is 43.0 Å². The van der Waals surface area contributed by atoms with Crippen molar-refractivity contribution in [3.05, 3.63) is 64.2 Å². The van der Waals surface area contributed by atoms with Gasteiger partial charge in [-0.1, -0.05) is 0 Å². The lowest BCUT2D eigenvalue weighted by atomic mass is 9.89. The quantitative estimate of drug-likeness (QED) is 0.481. The van der Waals surface area contributed by atoms with E-state index in [1.807, 2.05) is 5.38 Å². The highest BCUT2D eigenvalue weighted by atomic mass is 32.1. The number of methoxy groups -OCH3 is 2. The van der Waals surface area contributed by atoms with E-state index in [1.54, 1.807) is 55.9 Å². The number of carbonyl (C=O) groups is 1. The first-order valence-electron chi connectivity index (χ1n) is 10.3. The third-order valence-corrected chi connectivity index (χ3v) is 6.43. The van der Waals surface area contributed by atoms with Crippen molar-refractivity contribution in [3.63, 3.8) is 0 Å². The van der Waals surface area contributed by atoms with Crippen LogP contribution in [-0.2, 0) is 6.54 Å². The number of rotatable bonds is 7. The van der Waals surface area contributed by atoms with Crippen LogP contribution in [0.3, 0.4) is 0 Å². The van der Waals surface area contributed by atoms with Gasteiger partial charge in [-0.3, -0.25) is 9.69 Å². The van der Waals surface area contributed by atoms with Gasteiger partial charge >= 0.3 is 0 Å². The number of hydrogen-bond acceptors (Lipinski definition) is 6. The van der Waals surface area contributed by atoms with Gasteiger partial charge in [0, 0.05) is 29.5 Å². The summed E-state index contributed by atoms with van der Waals surface area (Å²) in [5.74, 6) is 0.990. The van der Waals surface area contributed by atoms with E-state index >= 15 is 0 Å². The first-order chi connectivity index (χ1) is 15.1. The highest BCUT2D eigenvalue weighted by Gasteiger charge is 2.29. The largest absolute Gasteiger partial charge is 0.497 e. The zero-order valence-electron chi connectivity index (χ0n) is 17.6. The summed E-state index contributed by atoms with van der Waals surface area (Å²) in [6.07, 6.45) is 1.83. The van der Waals surface area contributed by atoms with Crippen molar-refractivity contribution in [1.29, 1.82) is 0 Å². The first-order valence-corrected chi connectivity index (χ1v) is 11.1. The monoisotopic (exact) mass is 440 g/mol. The van der Waals surface area contributed by atoms with Crippen molar-refractivity contribution in [1.82, 2.24) is 9.88 Å². The molecule has 1 atom stereocenters. The van der Waals surface area contributed by atoms with Gasteiger partial charge in [0.25, 0.3) is 0 Å². The number of Topliss-reactive ketones (excluding diaryl/α,β-unsaturated/α-hetero) is 1. The number of carbonyl (C=O) groups excluding carboxylic acids is 1. The second-order valence-electron chi connectivity index (χ2n) is 7.64. The maximum atomic E-state index is 13.2. The summed E-state index contributed by atoms with van der Waals surface area (Å²) in [5.41, 5.74) is 2.36. The zero-order valence-corrected chi connectivity index (χ0v) is 18.5. The molecule has 31 heavy (non-hydrogen) atoms. The molecule has 7 heteroatoms. The number of thiazole rings is 1. The number of ketones is 1. The molecule has 2 aromatic carbocycles. The van der Waals surface area contributed by atoms with Gasteiger partial charge in [0.2, 0.25) is 0 Å². The van der Waals surface area contributed by atoms with Crippen LogP contribution in [0.15, 0.2) is 47.8 Å². The van der Waals surface area contributed by atoms with Crippen LogP contribution in [0.5, 0.6) is 11.5 Å². The van der Waals surface area contributed by atoms with E-state index in [-0.39, 0.29) is 17.5 Å². The Labute approximate surface area is 185 Å². The fourth-order valence-electron chi connectivity index (χ4n) is 3.96. The van der Waals surface area contributed by atoms with E-state index in [2.05, 4.69) is 4.90 Å². The molecule has 4 rings (SSSR count). The molecule has 1 saturated heterocycles. The Morgan fingerprint density at radius 1 is 1.19 bits per heavy atom. The Kier molecular flexibility index (Phi) is 6.63. The predicted molar refractivity (Wildman–Crippen MR) is 119 cm³/mol. The third-order valence-electron chi connectivity index (χ3n) is 5.60. The number of piperidine rings is 1. The van der Waals surface area contributed by atoms with Gasteiger partial charge in [0.1, 0.15) is 22.3 Å². The molecular formula is C24H25FN2O3S. The van der Waals surface area contributed by atoms with Crippen molar-refractivity contribution in [2.24, 2.45) is 5.92 Å². The van der Waals surface area contributed by atoms with Crippen molar-refractivity contribution in [2.45, 2.75) is 19.4 Å². The van der Waals surface area contributed by atoms with Gasteiger partial charge in [-0.25, -0.2) is 9.37 Å². The number of ether oxygens (including phenoxy) is 2. The summed E-state index contributed by atoms with van der Waals surface area (Å²) in [4.78, 5) is 20.2. The standard InChI is InChI=1S/C24H25FN2O3S/c1-29-19-9-10-20(22(12-19)30-2)24(28)17-4-3-11-27(13-17)14-23-26-21(15-31-23)16-5-7-18(25)8-6-16/h5-10,12,15,17H,3-4,11,13-14H2,1-2H3. The number of benzene rings is 2. The van der Waals surface area contributed by atoms with Crippen LogP contribution < -0.4 is 9.47 Å². The molecule has 0 saturated carbocycles. The smallest absolute Gasteiger partial charge is 0.170 e. The molecule has 5 nitrogen and oxygen atoms in total. The van der Waals surface area contributed by atoms with E-state index in [9.17, 15) is 9.18 Å². The van der Waals surface area contributed by atoms with Crippen molar-refractivity contribution < 1.29 is 18.7 Å². The van der Waals surface area contributed by atoms with Crippen LogP contribution in [0.1, 0.15) is 28.2 Å². The summed E-state index contributed by atoms with van der Waals surface area (Å²) in [6, 6.07) is 11.7. The van der Waals surface area contributed by atoms with Gasteiger partial charge in [-0.05, 0) is 55.8 Å². The maximum absolute atomic E-state index is 13.2. The van der Waals surface area contributed by atoms with Gasteiger partial charge < -0.3 is 9.47 Å². The van der Waals surface area contributed by atoms with Gasteiger partial charge in [0.05, 0.1) is 32.0 Å². The summed E-state index contributed by atoms with van der Waals surface area (Å²) in [5, 5.41) is 2.99. The Morgan fingerprint density at radius 2 is 2.00 bits per heavy atom. The molecule has 0 aliphatic carbocycles. The second-order valence-corrected chi connectivity index (χ2v) is 8.58. The van der Waals surface area contributed by atoms with Crippen molar-refractivity contribution in [2.75, 3.05) is 27.3 Å². The van der Waals surface area contributed by atoms with Crippen LogP contribution in [0.4, 0.5) is 4.39 Å². The lowest BCUT2D eigenvalue weighted by Crippen LogP contribution is -2.38. The normalized spacial score (nSPS) is 16.8. The van der Waals surface area contributed by atoms with Crippen LogP contribution in [0, 0.1) is 11.7 Å². The van der Waals surface area contributed by atoms with Crippen molar-refractivity contribution in [3.8, 4) is 22.8 Å². The van der Waals surface area contributed by atoms with E-state index < -0.39 is 0 Å². The van der Waals surface area contributed by atoms with Gasteiger partial charge in [-0.2, -0.15) is 0 Å². The van der Waals surface area contributed by atoms with E-state index in [4.69, 9.17) is 14.5 Å². The van der Waals surface area contributed by atoms with Gasteiger partial charge in [-0.15, -0.1) is 11.3 Å². The highest BCUT2D eigenvalue weighted by molar-refractivity contribution is 7.09. The Morgan fingerprint density at radius 3 is 2.74 bits per heavy atom. The molecule has 1 aliphatic rings. The first kappa shape index (κ1) is 21.5. The number of hydrogen-bond donors (Lipinski definition) is 0. The fourth-order valence-corrected chi connectivity index (χ4v) is 4.81. The van der Waals surface area contributed by atoms with Crippen LogP contribution in [0.2, 0.25) is 0 Å². The molecule has 1 fully saturated rings. The Balaban J connectivity index is 1.43. The zero-order chi connectivity index (χ0) is 21.8. The van der Waals surface area contributed by atoms with E-state index in [1.165, 1.54) is 12.1 Å². The van der Waals surface area contributed by atoms with Crippen LogP contribution in [0.25, 0.3) is 11.3 Å². The summed E-state index contributed by atoms with van der Waals surface area (Å²) in [6.45, 7) is 2.34. The molecule has 0 amide bonds. The molecule has 0 bridgehead atoms. The van der Waals surface area contributed by atoms with E-state index in [0.29, 0.717) is 30.2 Å². The number of halogens is 1. The highest BCUT2D eigenvalue weighted by Crippen LogP contribution is 2.30. The SMILES string of the molecule is COc1ccc(C(=O)C2CCCN(Cc3nc(-c4ccc(F)cc4)cs3)C2)c(OC)c1. The minimum atomic E-state index is -0.253. The van der Waals surface area contributed by atoms with Crippen LogP contribution >= 0.6 is 11.3 Å². The van der Waals surface area contributed by atoms with Gasteiger partial charge in [0.15, 0.2) is 5.78 Å². The molecular weight excluding hydrogens is 415 g/mol. The molecule has 3 aromatic rings. The molecule has 1 aromatic heterocycles. The molecule has 162 valence electrons. The lowest BCUT2D eigenvalue weighted by molar-refractivity contribution is 0.0808. The molecule has 1 unspecified atom stereocenters. The summed E-state index contributed by atoms with van der Waals surface area (Å²) < 4.78 is 23.8. The maximum Gasteiger partial charge on any atom is 0.170 e. The molecule has 0 radical (unpaired) electrons. The predicted octanol–water partition coefficient (Wildman–Crippen LogP) is 5.06. The van der Waals surface area contributed by atoms with Crippen molar-refractivity contribution >= 4 is 17.1 Å².